The van der Waals surface area contributed by atoms with E-state index in [4.69, 9.17) is 10.2 Å². The average molecular weight is 172 g/mol. The molecular formula is C5H14ClNO3. The number of hydrogen-bond donors (Lipinski definition) is 3. The largest absolute Gasteiger partial charge is 0.394 e. The van der Waals surface area contributed by atoms with Gasteiger partial charge in [0.25, 0.3) is 0 Å². The van der Waals surface area contributed by atoms with Gasteiger partial charge in [0.2, 0.25) is 0 Å². The molecule has 10 heavy (non-hydrogen) atoms. The summed E-state index contributed by atoms with van der Waals surface area (Å²) in [7, 11) is 0. The number of rotatable bonds is 5. The van der Waals surface area contributed by atoms with Gasteiger partial charge in [-0.3, -0.25) is 4.84 Å². The molecule has 0 fully saturated rings. The second-order valence-corrected chi connectivity index (χ2v) is 1.65. The van der Waals surface area contributed by atoms with Crippen LogP contribution < -0.4 is 5.48 Å². The SMILES string of the molecule is CCNOCC(O)CO.Cl. The molecule has 0 heterocycles. The van der Waals surface area contributed by atoms with Crippen molar-refractivity contribution in [2.45, 2.75) is 13.0 Å². The highest BCUT2D eigenvalue weighted by molar-refractivity contribution is 5.85. The van der Waals surface area contributed by atoms with Crippen molar-refractivity contribution in [1.82, 2.24) is 5.48 Å². The Balaban J connectivity index is 0. The molecule has 0 amide bonds. The Bertz CT molecular complexity index is 64.9. The summed E-state index contributed by atoms with van der Waals surface area (Å²) in [4.78, 5) is 4.68. The van der Waals surface area contributed by atoms with Gasteiger partial charge in [-0.25, -0.2) is 5.48 Å². The molecule has 0 aliphatic heterocycles. The summed E-state index contributed by atoms with van der Waals surface area (Å²) >= 11 is 0. The van der Waals surface area contributed by atoms with E-state index in [-0.39, 0.29) is 25.6 Å². The molecule has 3 N–H and O–H groups in total. The Labute approximate surface area is 66.6 Å². The fourth-order valence-corrected chi connectivity index (χ4v) is 0.310. The van der Waals surface area contributed by atoms with Crippen LogP contribution in [0.15, 0.2) is 0 Å². The molecule has 4 nitrogen and oxygen atoms in total. The van der Waals surface area contributed by atoms with E-state index >= 15 is 0 Å². The van der Waals surface area contributed by atoms with E-state index in [1.165, 1.54) is 0 Å². The van der Waals surface area contributed by atoms with Gasteiger partial charge in [0, 0.05) is 6.54 Å². The van der Waals surface area contributed by atoms with Crippen LogP contribution in [0.5, 0.6) is 0 Å². The second-order valence-electron chi connectivity index (χ2n) is 1.65. The monoisotopic (exact) mass is 171 g/mol. The minimum atomic E-state index is -0.774. The third-order valence-electron chi connectivity index (χ3n) is 0.733. The molecule has 0 aromatic rings. The lowest BCUT2D eigenvalue weighted by atomic mass is 10.4. The van der Waals surface area contributed by atoms with Gasteiger partial charge >= 0.3 is 0 Å². The maximum Gasteiger partial charge on any atom is 0.102 e. The lowest BCUT2D eigenvalue weighted by Crippen LogP contribution is -2.25. The van der Waals surface area contributed by atoms with Crippen LogP contribution >= 0.6 is 12.4 Å². The normalized spacial score (nSPS) is 12.3. The predicted molar refractivity (Wildman–Crippen MR) is 40.0 cm³/mol. The van der Waals surface area contributed by atoms with E-state index in [9.17, 15) is 0 Å². The zero-order chi connectivity index (χ0) is 7.11. The molecule has 0 radical (unpaired) electrons. The maximum absolute atomic E-state index is 8.67. The van der Waals surface area contributed by atoms with Gasteiger partial charge in [-0.15, -0.1) is 12.4 Å². The molecule has 0 aromatic heterocycles. The van der Waals surface area contributed by atoms with Crippen molar-refractivity contribution in [3.05, 3.63) is 0 Å². The summed E-state index contributed by atoms with van der Waals surface area (Å²) in [5.74, 6) is 0. The lowest BCUT2D eigenvalue weighted by Gasteiger charge is -2.06. The van der Waals surface area contributed by atoms with Gasteiger partial charge in [0.15, 0.2) is 0 Å². The molecule has 1 unspecified atom stereocenters. The summed E-state index contributed by atoms with van der Waals surface area (Å²) in [5.41, 5.74) is 2.54. The number of nitrogens with one attached hydrogen (secondary N) is 1. The van der Waals surface area contributed by atoms with Gasteiger partial charge < -0.3 is 10.2 Å². The van der Waals surface area contributed by atoms with Crippen molar-refractivity contribution < 1.29 is 15.1 Å². The van der Waals surface area contributed by atoms with Crippen LogP contribution in [-0.4, -0.2) is 36.1 Å². The molecule has 1 atom stereocenters. The first-order valence-electron chi connectivity index (χ1n) is 2.94. The molecule has 0 aliphatic carbocycles. The van der Waals surface area contributed by atoms with Gasteiger partial charge in [0.05, 0.1) is 13.2 Å². The minimum absolute atomic E-state index is 0. The Morgan fingerprint density at radius 2 is 2.20 bits per heavy atom. The van der Waals surface area contributed by atoms with Gasteiger partial charge in [-0.2, -0.15) is 0 Å². The Morgan fingerprint density at radius 3 is 2.60 bits per heavy atom. The van der Waals surface area contributed by atoms with Gasteiger partial charge in [-0.05, 0) is 0 Å². The van der Waals surface area contributed by atoms with E-state index in [1.807, 2.05) is 6.92 Å². The molecule has 0 rings (SSSR count). The number of halogens is 1. The fraction of sp³-hybridized carbons (Fsp3) is 1.00. The molecule has 0 saturated carbocycles. The minimum Gasteiger partial charge on any atom is -0.394 e. The van der Waals surface area contributed by atoms with Crippen LogP contribution in [0.2, 0.25) is 0 Å². The zero-order valence-electron chi connectivity index (χ0n) is 5.91. The molecule has 0 aromatic carbocycles. The van der Waals surface area contributed by atoms with E-state index in [0.29, 0.717) is 6.54 Å². The lowest BCUT2D eigenvalue weighted by molar-refractivity contribution is -0.0352. The predicted octanol–water partition coefficient (Wildman–Crippen LogP) is -0.697. The number of hydrogen-bond acceptors (Lipinski definition) is 4. The fourth-order valence-electron chi connectivity index (χ4n) is 0.310. The Hall–Kier alpha value is 0.130. The number of aliphatic hydroxyl groups is 2. The van der Waals surface area contributed by atoms with Crippen molar-refractivity contribution in [1.29, 1.82) is 0 Å². The zero-order valence-corrected chi connectivity index (χ0v) is 6.73. The average Bonchev–Trinajstić information content (AvgIpc) is 1.89. The molecule has 0 bridgehead atoms. The van der Waals surface area contributed by atoms with Crippen LogP contribution in [0.4, 0.5) is 0 Å². The summed E-state index contributed by atoms with van der Waals surface area (Å²) < 4.78 is 0. The number of hydroxylamine groups is 1. The highest BCUT2D eigenvalue weighted by atomic mass is 35.5. The van der Waals surface area contributed by atoms with Gasteiger partial charge in [-0.1, -0.05) is 6.92 Å². The molecule has 5 heteroatoms. The standard InChI is InChI=1S/C5H13NO3.ClH/c1-2-6-9-4-5(8)3-7;/h5-8H,2-4H2,1H3;1H. The van der Waals surface area contributed by atoms with Crippen molar-refractivity contribution in [2.75, 3.05) is 19.8 Å². The van der Waals surface area contributed by atoms with Crippen molar-refractivity contribution >= 4 is 12.4 Å². The summed E-state index contributed by atoms with van der Waals surface area (Å²) in [6.07, 6.45) is -0.774. The Kier molecular flexibility index (Phi) is 11.7. The van der Waals surface area contributed by atoms with Crippen LogP contribution in [0.3, 0.4) is 0 Å². The highest BCUT2D eigenvalue weighted by Crippen LogP contribution is 1.78. The summed E-state index contributed by atoms with van der Waals surface area (Å²) in [5, 5.41) is 16.9. The molecule has 64 valence electrons. The molecule has 0 saturated heterocycles. The smallest absolute Gasteiger partial charge is 0.102 e. The highest BCUT2D eigenvalue weighted by Gasteiger charge is 1.99. The molecule has 0 spiro atoms. The summed E-state index contributed by atoms with van der Waals surface area (Å²) in [6.45, 7) is 2.44. The van der Waals surface area contributed by atoms with E-state index in [0.717, 1.165) is 0 Å². The van der Waals surface area contributed by atoms with Crippen LogP contribution in [-0.2, 0) is 4.84 Å². The van der Waals surface area contributed by atoms with Crippen molar-refractivity contribution in [2.24, 2.45) is 0 Å². The third kappa shape index (κ3) is 8.13. The van der Waals surface area contributed by atoms with Crippen LogP contribution in [0.25, 0.3) is 0 Å². The van der Waals surface area contributed by atoms with Crippen molar-refractivity contribution in [3.8, 4) is 0 Å². The second kappa shape index (κ2) is 9.13. The number of aliphatic hydroxyl groups excluding tert-OH is 2. The van der Waals surface area contributed by atoms with Crippen LogP contribution in [0, 0.1) is 0 Å². The van der Waals surface area contributed by atoms with E-state index in [2.05, 4.69) is 10.3 Å². The summed E-state index contributed by atoms with van der Waals surface area (Å²) in [6, 6.07) is 0. The Morgan fingerprint density at radius 1 is 1.60 bits per heavy atom. The molecular weight excluding hydrogens is 158 g/mol. The van der Waals surface area contributed by atoms with Crippen molar-refractivity contribution in [3.63, 3.8) is 0 Å². The van der Waals surface area contributed by atoms with E-state index in [1.54, 1.807) is 0 Å². The molecule has 0 aliphatic rings. The quantitative estimate of drug-likeness (QED) is 0.378. The first kappa shape index (κ1) is 12.8. The first-order chi connectivity index (χ1) is 4.31. The third-order valence-corrected chi connectivity index (χ3v) is 0.733. The maximum atomic E-state index is 8.67. The van der Waals surface area contributed by atoms with Gasteiger partial charge in [0.1, 0.15) is 6.10 Å². The van der Waals surface area contributed by atoms with Crippen LogP contribution in [0.1, 0.15) is 6.92 Å². The van der Waals surface area contributed by atoms with E-state index < -0.39 is 6.10 Å². The topological polar surface area (TPSA) is 61.7 Å². The first-order valence-corrected chi connectivity index (χ1v) is 2.94.